The molecule has 0 aromatic heterocycles. The molecule has 0 aromatic rings. The summed E-state index contributed by atoms with van der Waals surface area (Å²) in [5, 5.41) is 8.23. The van der Waals surface area contributed by atoms with E-state index in [-0.39, 0.29) is 5.57 Å². The molecule has 40 valence electrons. The molecule has 0 aliphatic carbocycles. The summed E-state index contributed by atoms with van der Waals surface area (Å²) in [5.74, 6) is -1.20. The third kappa shape index (κ3) is 1.98. The van der Waals surface area contributed by atoms with E-state index in [0.717, 1.165) is 6.08 Å². The highest BCUT2D eigenvalue weighted by Crippen LogP contribution is 1.87. The van der Waals surface area contributed by atoms with Crippen molar-refractivity contribution in [3.63, 3.8) is 0 Å². The van der Waals surface area contributed by atoms with Crippen molar-refractivity contribution in [1.29, 1.82) is 0 Å². The quantitative estimate of drug-likeness (QED) is 0.503. The highest BCUT2D eigenvalue weighted by Gasteiger charge is 1.93. The van der Waals surface area contributed by atoms with E-state index in [1.165, 1.54) is 6.92 Å². The molecule has 0 radical (unpaired) electrons. The molecular formula is C5H8O2. The Morgan fingerprint density at radius 2 is 2.57 bits per heavy atom. The fourth-order valence-corrected chi connectivity index (χ4v) is 0.0617. The van der Waals surface area contributed by atoms with Crippen molar-refractivity contribution in [2.45, 2.75) is 13.8 Å². The molecule has 1 N–H and O–H groups in total. The van der Waals surface area contributed by atoms with Gasteiger partial charge in [0.15, 0.2) is 0 Å². The maximum atomic E-state index is 10.1. The second-order valence-corrected chi connectivity index (χ2v) is 1.13. The first-order valence-electron chi connectivity index (χ1n) is 3.26. The summed E-state index contributed by atoms with van der Waals surface area (Å²) in [6.45, 7) is -1.04. The van der Waals surface area contributed by atoms with Gasteiger partial charge in [0.05, 0.1) is 0 Å². The maximum Gasteiger partial charge on any atom is 0.330 e. The summed E-state index contributed by atoms with van der Waals surface area (Å²) >= 11 is 0. The smallest absolute Gasteiger partial charge is 0.330 e. The van der Waals surface area contributed by atoms with Gasteiger partial charge in [-0.15, -0.1) is 0 Å². The third-order valence-corrected chi connectivity index (χ3v) is 0.554. The number of allylic oxidation sites excluding steroid dienone is 1. The van der Waals surface area contributed by atoms with Crippen molar-refractivity contribution >= 4 is 5.97 Å². The molecule has 0 saturated heterocycles. The molecule has 0 saturated carbocycles. The number of rotatable bonds is 1. The first kappa shape index (κ1) is 2.50. The second-order valence-electron chi connectivity index (χ2n) is 1.13. The van der Waals surface area contributed by atoms with E-state index >= 15 is 0 Å². The van der Waals surface area contributed by atoms with Crippen LogP contribution in [0, 0.1) is 0 Å². The van der Waals surface area contributed by atoms with Crippen LogP contribution in [0.15, 0.2) is 11.6 Å². The molecule has 0 bridgehead atoms. The molecule has 0 rings (SSSR count). The Labute approximate surface area is 46.7 Å². The van der Waals surface area contributed by atoms with E-state index in [4.69, 9.17) is 9.22 Å². The third-order valence-electron chi connectivity index (χ3n) is 0.554. The predicted molar refractivity (Wildman–Crippen MR) is 27.1 cm³/mol. The SMILES string of the molecule is [2H]C([2H])([2H])C=C(C)C(=O)O. The lowest BCUT2D eigenvalue weighted by Gasteiger charge is -1.84. The average Bonchev–Trinajstić information content (AvgIpc) is 1.60. The number of hydrogen-bond acceptors (Lipinski definition) is 1. The summed E-state index contributed by atoms with van der Waals surface area (Å²) < 4.78 is 19.9. The van der Waals surface area contributed by atoms with Crippen LogP contribution in [-0.4, -0.2) is 11.1 Å². The summed E-state index contributed by atoms with van der Waals surface area (Å²) in [6, 6.07) is 0. The standard InChI is InChI=1S/C5H8O2/c1-3-4(2)5(6)7/h3H,1-2H3,(H,6,7)/i1D3. The minimum Gasteiger partial charge on any atom is -0.478 e. The van der Waals surface area contributed by atoms with E-state index in [1.54, 1.807) is 0 Å². The van der Waals surface area contributed by atoms with Crippen molar-refractivity contribution in [2.24, 2.45) is 0 Å². The van der Waals surface area contributed by atoms with Gasteiger partial charge in [-0.25, -0.2) is 4.79 Å². The Hall–Kier alpha value is -0.790. The van der Waals surface area contributed by atoms with Crippen molar-refractivity contribution in [2.75, 3.05) is 0 Å². The number of carboxylic acids is 1. The van der Waals surface area contributed by atoms with Gasteiger partial charge in [-0.1, -0.05) is 6.08 Å². The number of aliphatic carboxylic acids is 1. The molecule has 0 spiro atoms. The van der Waals surface area contributed by atoms with Crippen LogP contribution in [0.1, 0.15) is 17.9 Å². The Bertz CT molecular complexity index is 168. The van der Waals surface area contributed by atoms with Crippen molar-refractivity contribution in [3.05, 3.63) is 11.6 Å². The maximum absolute atomic E-state index is 10.1. The van der Waals surface area contributed by atoms with Gasteiger partial charge in [0.1, 0.15) is 0 Å². The Morgan fingerprint density at radius 3 is 2.71 bits per heavy atom. The van der Waals surface area contributed by atoms with Gasteiger partial charge in [0.25, 0.3) is 0 Å². The van der Waals surface area contributed by atoms with Crippen LogP contribution in [0.25, 0.3) is 0 Å². The van der Waals surface area contributed by atoms with Gasteiger partial charge in [-0.3, -0.25) is 0 Å². The van der Waals surface area contributed by atoms with E-state index < -0.39 is 12.8 Å². The van der Waals surface area contributed by atoms with Crippen LogP contribution in [0.3, 0.4) is 0 Å². The van der Waals surface area contributed by atoms with Crippen LogP contribution in [0.2, 0.25) is 0 Å². The van der Waals surface area contributed by atoms with Gasteiger partial charge in [-0.05, 0) is 13.8 Å². The van der Waals surface area contributed by atoms with E-state index in [2.05, 4.69) is 0 Å². The molecule has 0 heterocycles. The lowest BCUT2D eigenvalue weighted by Crippen LogP contribution is -1.93. The van der Waals surface area contributed by atoms with Crippen LogP contribution >= 0.6 is 0 Å². The summed E-state index contributed by atoms with van der Waals surface area (Å²) in [7, 11) is 0. The summed E-state index contributed by atoms with van der Waals surface area (Å²) in [6.07, 6.45) is 0.745. The average molecular weight is 103 g/mol. The highest BCUT2D eigenvalue weighted by atomic mass is 16.4. The Kier molecular flexibility index (Phi) is 0.855. The van der Waals surface area contributed by atoms with Crippen LogP contribution in [0.5, 0.6) is 0 Å². The van der Waals surface area contributed by atoms with E-state index in [0.29, 0.717) is 0 Å². The monoisotopic (exact) mass is 103 g/mol. The highest BCUT2D eigenvalue weighted by molar-refractivity contribution is 5.85. The number of carbonyl (C=O) groups is 1. The summed E-state index contributed by atoms with van der Waals surface area (Å²) in [5.41, 5.74) is -0.153. The Morgan fingerprint density at radius 1 is 2.00 bits per heavy atom. The fraction of sp³-hybridized carbons (Fsp3) is 0.400. The van der Waals surface area contributed by atoms with Gasteiger partial charge >= 0.3 is 5.97 Å². The largest absolute Gasteiger partial charge is 0.478 e. The zero-order chi connectivity index (χ0) is 8.36. The van der Waals surface area contributed by atoms with Crippen LogP contribution in [-0.2, 0) is 4.79 Å². The molecular weight excluding hydrogens is 92.1 g/mol. The zero-order valence-corrected chi connectivity index (χ0v) is 3.93. The molecule has 0 aliphatic rings. The predicted octanol–water partition coefficient (Wildman–Crippen LogP) is 1.04. The summed E-state index contributed by atoms with van der Waals surface area (Å²) in [4.78, 5) is 10.1. The van der Waals surface area contributed by atoms with Crippen molar-refractivity contribution < 1.29 is 14.0 Å². The van der Waals surface area contributed by atoms with Crippen molar-refractivity contribution in [1.82, 2.24) is 0 Å². The van der Waals surface area contributed by atoms with Gasteiger partial charge in [0, 0.05) is 9.69 Å². The Balaban J connectivity index is 4.32. The van der Waals surface area contributed by atoms with E-state index in [9.17, 15) is 4.79 Å². The minimum absolute atomic E-state index is 0.153. The number of carboxylic acid groups (broad SMARTS) is 1. The molecule has 0 unspecified atom stereocenters. The molecule has 0 fully saturated rings. The zero-order valence-electron chi connectivity index (χ0n) is 6.93. The normalized spacial score (nSPS) is 19.6. The lowest BCUT2D eigenvalue weighted by molar-refractivity contribution is -0.132. The molecule has 0 atom stereocenters. The molecule has 7 heavy (non-hydrogen) atoms. The molecule has 0 amide bonds. The lowest BCUT2D eigenvalue weighted by atomic mass is 10.3. The van der Waals surface area contributed by atoms with Crippen molar-refractivity contribution in [3.8, 4) is 0 Å². The van der Waals surface area contributed by atoms with Crippen LogP contribution < -0.4 is 0 Å². The van der Waals surface area contributed by atoms with Crippen LogP contribution in [0.4, 0.5) is 0 Å². The first-order chi connectivity index (χ1) is 4.33. The molecule has 2 nitrogen and oxygen atoms in total. The topological polar surface area (TPSA) is 37.3 Å². The molecule has 0 aliphatic heterocycles. The molecule has 0 aromatic carbocycles. The van der Waals surface area contributed by atoms with E-state index in [1.807, 2.05) is 0 Å². The first-order valence-corrected chi connectivity index (χ1v) is 1.76. The molecule has 2 heteroatoms. The van der Waals surface area contributed by atoms with Gasteiger partial charge in [-0.2, -0.15) is 0 Å². The second kappa shape index (κ2) is 2.39. The minimum atomic E-state index is -2.29. The number of hydrogen-bond donors (Lipinski definition) is 1. The fourth-order valence-electron chi connectivity index (χ4n) is 0.0617. The van der Waals surface area contributed by atoms with Gasteiger partial charge < -0.3 is 5.11 Å². The van der Waals surface area contributed by atoms with Gasteiger partial charge in [0.2, 0.25) is 0 Å².